The standard InChI is InChI=1S/C11H20F3N3O/c1-17(6-8-4-2-3-5-8)7-9(10(15)16-18)11(12,13)14/h8-9,18H,2-7H2,1H3,(H2,15,16). The summed E-state index contributed by atoms with van der Waals surface area (Å²) in [5.74, 6) is -2.22. The van der Waals surface area contributed by atoms with E-state index in [4.69, 9.17) is 10.9 Å². The van der Waals surface area contributed by atoms with Gasteiger partial charge in [-0.25, -0.2) is 0 Å². The lowest BCUT2D eigenvalue weighted by Gasteiger charge is -2.26. The average molecular weight is 267 g/mol. The van der Waals surface area contributed by atoms with Gasteiger partial charge in [-0.1, -0.05) is 18.0 Å². The molecule has 0 spiro atoms. The summed E-state index contributed by atoms with van der Waals surface area (Å²) in [7, 11) is 1.64. The van der Waals surface area contributed by atoms with Crippen LogP contribution >= 0.6 is 0 Å². The Balaban J connectivity index is 2.54. The predicted octanol–water partition coefficient (Wildman–Crippen LogP) is 2.03. The van der Waals surface area contributed by atoms with Gasteiger partial charge in [-0.2, -0.15) is 13.2 Å². The van der Waals surface area contributed by atoms with Crippen molar-refractivity contribution in [1.82, 2.24) is 4.90 Å². The molecule has 0 aliphatic heterocycles. The zero-order valence-electron chi connectivity index (χ0n) is 10.5. The van der Waals surface area contributed by atoms with Crippen molar-refractivity contribution in [3.63, 3.8) is 0 Å². The molecule has 1 unspecified atom stereocenters. The third-order valence-electron chi connectivity index (χ3n) is 3.41. The Kier molecular flexibility index (Phi) is 5.25. The molecule has 1 atom stereocenters. The first-order valence-corrected chi connectivity index (χ1v) is 6.07. The van der Waals surface area contributed by atoms with E-state index in [9.17, 15) is 13.2 Å². The van der Waals surface area contributed by atoms with E-state index in [0.717, 1.165) is 25.7 Å². The van der Waals surface area contributed by atoms with Crippen LogP contribution in [0, 0.1) is 11.8 Å². The van der Waals surface area contributed by atoms with E-state index in [2.05, 4.69) is 5.16 Å². The van der Waals surface area contributed by atoms with Crippen LogP contribution in [-0.2, 0) is 0 Å². The van der Waals surface area contributed by atoms with Gasteiger partial charge in [0.2, 0.25) is 0 Å². The molecule has 1 saturated carbocycles. The molecule has 18 heavy (non-hydrogen) atoms. The maximum Gasteiger partial charge on any atom is 0.400 e. The van der Waals surface area contributed by atoms with E-state index in [-0.39, 0.29) is 6.54 Å². The van der Waals surface area contributed by atoms with Crippen LogP contribution in [0.15, 0.2) is 5.16 Å². The van der Waals surface area contributed by atoms with Crippen molar-refractivity contribution in [2.24, 2.45) is 22.7 Å². The Morgan fingerprint density at radius 3 is 2.44 bits per heavy atom. The van der Waals surface area contributed by atoms with Crippen LogP contribution in [-0.4, -0.2) is 42.3 Å². The van der Waals surface area contributed by atoms with E-state index >= 15 is 0 Å². The van der Waals surface area contributed by atoms with Gasteiger partial charge in [0, 0.05) is 13.1 Å². The lowest BCUT2D eigenvalue weighted by Crippen LogP contribution is -2.44. The second kappa shape index (κ2) is 6.26. The Hall–Kier alpha value is -0.980. The molecule has 0 aromatic heterocycles. The summed E-state index contributed by atoms with van der Waals surface area (Å²) >= 11 is 0. The van der Waals surface area contributed by atoms with E-state index in [1.54, 1.807) is 11.9 Å². The van der Waals surface area contributed by atoms with Crippen LogP contribution < -0.4 is 5.73 Å². The summed E-state index contributed by atoms with van der Waals surface area (Å²) in [5, 5.41) is 10.9. The quantitative estimate of drug-likeness (QED) is 0.347. The highest BCUT2D eigenvalue weighted by molar-refractivity contribution is 5.83. The molecule has 0 saturated heterocycles. The van der Waals surface area contributed by atoms with Crippen molar-refractivity contribution in [1.29, 1.82) is 0 Å². The summed E-state index contributed by atoms with van der Waals surface area (Å²) in [5.41, 5.74) is 5.11. The maximum atomic E-state index is 12.7. The Morgan fingerprint density at radius 2 is 2.00 bits per heavy atom. The first kappa shape index (κ1) is 15.1. The van der Waals surface area contributed by atoms with Gasteiger partial charge in [-0.3, -0.25) is 0 Å². The number of rotatable bonds is 5. The first-order chi connectivity index (χ1) is 8.34. The van der Waals surface area contributed by atoms with Crippen molar-refractivity contribution in [2.45, 2.75) is 31.9 Å². The molecule has 3 N–H and O–H groups in total. The molecular formula is C11H20F3N3O. The highest BCUT2D eigenvalue weighted by Crippen LogP contribution is 2.29. The van der Waals surface area contributed by atoms with Crippen molar-refractivity contribution in [3.05, 3.63) is 0 Å². The normalized spacial score (nSPS) is 20.6. The van der Waals surface area contributed by atoms with Crippen molar-refractivity contribution < 1.29 is 18.4 Å². The number of nitrogens with zero attached hydrogens (tertiary/aromatic N) is 2. The van der Waals surface area contributed by atoms with E-state index in [1.807, 2.05) is 0 Å². The third kappa shape index (κ3) is 4.36. The molecule has 1 aliphatic rings. The number of nitrogens with two attached hydrogens (primary N) is 1. The molecule has 0 heterocycles. The van der Waals surface area contributed by atoms with Gasteiger partial charge in [0.05, 0.1) is 0 Å². The second-order valence-corrected chi connectivity index (χ2v) is 4.99. The Bertz CT molecular complexity index is 288. The van der Waals surface area contributed by atoms with Crippen LogP contribution in [0.4, 0.5) is 13.2 Å². The Morgan fingerprint density at radius 1 is 1.44 bits per heavy atom. The lowest BCUT2D eigenvalue weighted by atomic mass is 10.0. The molecule has 1 aliphatic carbocycles. The van der Waals surface area contributed by atoms with Crippen LogP contribution in [0.3, 0.4) is 0 Å². The van der Waals surface area contributed by atoms with Gasteiger partial charge in [-0.15, -0.1) is 0 Å². The highest BCUT2D eigenvalue weighted by atomic mass is 19.4. The lowest BCUT2D eigenvalue weighted by molar-refractivity contribution is -0.159. The van der Waals surface area contributed by atoms with Crippen LogP contribution in [0.2, 0.25) is 0 Å². The molecule has 0 aromatic carbocycles. The first-order valence-electron chi connectivity index (χ1n) is 6.07. The van der Waals surface area contributed by atoms with Gasteiger partial charge < -0.3 is 15.8 Å². The SMILES string of the molecule is CN(CC1CCCC1)CC(C(N)=NO)C(F)(F)F. The Labute approximate surface area is 105 Å². The molecule has 0 radical (unpaired) electrons. The zero-order chi connectivity index (χ0) is 13.8. The fourth-order valence-electron chi connectivity index (χ4n) is 2.45. The van der Waals surface area contributed by atoms with Gasteiger partial charge in [0.25, 0.3) is 0 Å². The summed E-state index contributed by atoms with van der Waals surface area (Å²) in [6.45, 7) is 0.362. The van der Waals surface area contributed by atoms with Gasteiger partial charge in [0.1, 0.15) is 5.92 Å². The number of amidine groups is 1. The molecule has 1 rings (SSSR count). The monoisotopic (exact) mass is 267 g/mol. The van der Waals surface area contributed by atoms with Crippen molar-refractivity contribution in [2.75, 3.05) is 20.1 Å². The van der Waals surface area contributed by atoms with Crippen LogP contribution in [0.25, 0.3) is 0 Å². The molecular weight excluding hydrogens is 247 g/mol. The number of halogens is 3. The summed E-state index contributed by atoms with van der Waals surface area (Å²) in [6.07, 6.45) is -0.0294. The highest BCUT2D eigenvalue weighted by Gasteiger charge is 2.43. The van der Waals surface area contributed by atoms with E-state index < -0.39 is 17.9 Å². The summed E-state index contributed by atoms with van der Waals surface area (Å²) in [6, 6.07) is 0. The topological polar surface area (TPSA) is 61.8 Å². The molecule has 106 valence electrons. The molecule has 1 fully saturated rings. The fourth-order valence-corrected chi connectivity index (χ4v) is 2.45. The molecule has 0 bridgehead atoms. The zero-order valence-corrected chi connectivity index (χ0v) is 10.5. The number of alkyl halides is 3. The van der Waals surface area contributed by atoms with Crippen molar-refractivity contribution >= 4 is 5.84 Å². The van der Waals surface area contributed by atoms with Crippen LogP contribution in [0.5, 0.6) is 0 Å². The molecule has 0 aromatic rings. The van der Waals surface area contributed by atoms with Gasteiger partial charge in [0.15, 0.2) is 5.84 Å². The van der Waals surface area contributed by atoms with Crippen molar-refractivity contribution in [3.8, 4) is 0 Å². The van der Waals surface area contributed by atoms with E-state index in [1.165, 1.54) is 0 Å². The van der Waals surface area contributed by atoms with E-state index in [0.29, 0.717) is 12.5 Å². The minimum atomic E-state index is -4.49. The summed E-state index contributed by atoms with van der Waals surface area (Å²) in [4.78, 5) is 1.62. The number of hydrogen-bond donors (Lipinski definition) is 2. The fraction of sp³-hybridized carbons (Fsp3) is 0.909. The maximum absolute atomic E-state index is 12.7. The number of oxime groups is 1. The predicted molar refractivity (Wildman–Crippen MR) is 62.4 cm³/mol. The van der Waals surface area contributed by atoms with Crippen LogP contribution in [0.1, 0.15) is 25.7 Å². The third-order valence-corrected chi connectivity index (χ3v) is 3.41. The number of hydrogen-bond acceptors (Lipinski definition) is 3. The average Bonchev–Trinajstić information content (AvgIpc) is 2.76. The second-order valence-electron chi connectivity index (χ2n) is 4.99. The van der Waals surface area contributed by atoms with Gasteiger partial charge in [-0.05, 0) is 25.8 Å². The molecule has 0 amide bonds. The largest absolute Gasteiger partial charge is 0.409 e. The molecule has 7 heteroatoms. The smallest absolute Gasteiger partial charge is 0.400 e. The minimum absolute atomic E-state index is 0.268. The summed E-state index contributed by atoms with van der Waals surface area (Å²) < 4.78 is 38.2. The molecule has 4 nitrogen and oxygen atoms in total. The minimum Gasteiger partial charge on any atom is -0.409 e. The van der Waals surface area contributed by atoms with Gasteiger partial charge >= 0.3 is 6.18 Å².